The van der Waals surface area contributed by atoms with Gasteiger partial charge in [-0.25, -0.2) is 0 Å². The Bertz CT molecular complexity index is 1370. The lowest BCUT2D eigenvalue weighted by molar-refractivity contribution is -0.116. The molecule has 0 unspecified atom stereocenters. The third-order valence-electron chi connectivity index (χ3n) is 6.85. The van der Waals surface area contributed by atoms with Crippen LogP contribution in [0.4, 0.5) is 5.69 Å². The monoisotopic (exact) mass is 482 g/mol. The Morgan fingerprint density at radius 3 is 2.50 bits per heavy atom. The van der Waals surface area contributed by atoms with Gasteiger partial charge in [0.15, 0.2) is 0 Å². The van der Waals surface area contributed by atoms with Crippen LogP contribution in [-0.4, -0.2) is 50.6 Å². The van der Waals surface area contributed by atoms with E-state index < -0.39 is 0 Å². The van der Waals surface area contributed by atoms with Gasteiger partial charge >= 0.3 is 0 Å². The van der Waals surface area contributed by atoms with Gasteiger partial charge in [-0.1, -0.05) is 24.3 Å². The molecule has 2 N–H and O–H groups in total. The fraction of sp³-hybridized carbons (Fsp3) is 0.276. The van der Waals surface area contributed by atoms with Gasteiger partial charge in [-0.2, -0.15) is 0 Å². The van der Waals surface area contributed by atoms with Crippen LogP contribution in [0.15, 0.2) is 73.1 Å². The average Bonchev–Trinajstić information content (AvgIpc) is 3.20. The number of anilines is 1. The van der Waals surface area contributed by atoms with Crippen LogP contribution < -0.4 is 5.32 Å². The smallest absolute Gasteiger partial charge is 0.256 e. The maximum Gasteiger partial charge on any atom is 0.256 e. The minimum atomic E-state index is -0.328. The van der Waals surface area contributed by atoms with Gasteiger partial charge < -0.3 is 19.9 Å². The van der Waals surface area contributed by atoms with Gasteiger partial charge in [0.2, 0.25) is 5.91 Å². The normalized spacial score (nSPS) is 14.2. The van der Waals surface area contributed by atoms with E-state index in [0.29, 0.717) is 44.3 Å². The van der Waals surface area contributed by atoms with Crippen molar-refractivity contribution < 1.29 is 14.7 Å². The molecule has 0 saturated carbocycles. The minimum Gasteiger partial charge on any atom is -0.393 e. The first-order valence-corrected chi connectivity index (χ1v) is 12.4. The molecule has 2 aromatic heterocycles. The zero-order valence-electron chi connectivity index (χ0n) is 20.4. The number of piperidine rings is 1. The highest BCUT2D eigenvalue weighted by Gasteiger charge is 2.27. The first-order chi connectivity index (χ1) is 17.5. The molecule has 1 aliphatic heterocycles. The molecule has 2 aromatic carbocycles. The number of aromatic nitrogens is 2. The van der Waals surface area contributed by atoms with E-state index in [1.807, 2.05) is 72.5 Å². The van der Waals surface area contributed by atoms with Crippen molar-refractivity contribution in [1.82, 2.24) is 14.5 Å². The largest absolute Gasteiger partial charge is 0.393 e. The fourth-order valence-corrected chi connectivity index (χ4v) is 4.92. The molecule has 4 aromatic rings. The molecular weight excluding hydrogens is 452 g/mol. The Morgan fingerprint density at radius 1 is 1.03 bits per heavy atom. The molecule has 0 atom stereocenters. The van der Waals surface area contributed by atoms with Gasteiger partial charge in [0.1, 0.15) is 0 Å². The number of amides is 2. The third-order valence-corrected chi connectivity index (χ3v) is 6.85. The molecule has 0 bridgehead atoms. The molecule has 3 heterocycles. The predicted octanol–water partition coefficient (Wildman–Crippen LogP) is 4.50. The summed E-state index contributed by atoms with van der Waals surface area (Å²) >= 11 is 0. The predicted molar refractivity (Wildman–Crippen MR) is 140 cm³/mol. The number of fused-ring (bicyclic) bond motifs is 1. The molecule has 0 spiro atoms. The molecule has 1 saturated heterocycles. The summed E-state index contributed by atoms with van der Waals surface area (Å²) < 4.78 is 2.09. The van der Waals surface area contributed by atoms with Gasteiger partial charge in [0, 0.05) is 54.4 Å². The maximum atomic E-state index is 13.5. The molecule has 0 radical (unpaired) electrons. The van der Waals surface area contributed by atoms with Gasteiger partial charge in [0.05, 0.1) is 17.2 Å². The van der Waals surface area contributed by atoms with E-state index >= 15 is 0 Å². The van der Waals surface area contributed by atoms with Gasteiger partial charge in [-0.05, 0) is 68.1 Å². The molecule has 1 aliphatic rings. The number of para-hydroxylation sites is 1. The summed E-state index contributed by atoms with van der Waals surface area (Å²) in [6.45, 7) is 3.10. The van der Waals surface area contributed by atoms with Gasteiger partial charge in [-0.15, -0.1) is 0 Å². The second kappa shape index (κ2) is 10.3. The number of benzene rings is 2. The van der Waals surface area contributed by atoms with E-state index in [1.54, 1.807) is 12.4 Å². The highest BCUT2D eigenvalue weighted by Crippen LogP contribution is 2.31. The number of hydrogen-bond acceptors (Lipinski definition) is 4. The number of nitrogens with one attached hydrogen (secondary N) is 1. The summed E-state index contributed by atoms with van der Waals surface area (Å²) in [5.74, 6) is -0.0411. The summed E-state index contributed by atoms with van der Waals surface area (Å²) in [5.41, 5.74) is 5.22. The topological polar surface area (TPSA) is 87.5 Å². The highest BCUT2D eigenvalue weighted by molar-refractivity contribution is 6.09. The maximum absolute atomic E-state index is 13.5. The SMILES string of the molecule is Cc1c(C(=O)N2CCC(O)CC2)c2ccccc2n1-c1ccc(NC(=O)CCc2cccnc2)cc1. The lowest BCUT2D eigenvalue weighted by atomic mass is 10.0. The van der Waals surface area contributed by atoms with Crippen LogP contribution in [0.25, 0.3) is 16.6 Å². The fourth-order valence-electron chi connectivity index (χ4n) is 4.92. The molecule has 2 amide bonds. The second-order valence-electron chi connectivity index (χ2n) is 9.29. The van der Waals surface area contributed by atoms with Crippen molar-refractivity contribution >= 4 is 28.4 Å². The van der Waals surface area contributed by atoms with E-state index in [4.69, 9.17) is 0 Å². The van der Waals surface area contributed by atoms with E-state index in [2.05, 4.69) is 14.9 Å². The number of carbonyl (C=O) groups is 2. The Balaban J connectivity index is 1.36. The number of aryl methyl sites for hydroxylation is 1. The van der Waals surface area contributed by atoms with Crippen molar-refractivity contribution in [1.29, 1.82) is 0 Å². The zero-order valence-corrected chi connectivity index (χ0v) is 20.4. The van der Waals surface area contributed by atoms with Crippen LogP contribution in [-0.2, 0) is 11.2 Å². The van der Waals surface area contributed by atoms with Crippen molar-refractivity contribution in [2.24, 2.45) is 0 Å². The third kappa shape index (κ3) is 4.88. The number of aliphatic hydroxyl groups is 1. The summed E-state index contributed by atoms with van der Waals surface area (Å²) in [4.78, 5) is 31.9. The van der Waals surface area contributed by atoms with Gasteiger partial charge in [0.25, 0.3) is 5.91 Å². The van der Waals surface area contributed by atoms with Crippen molar-refractivity contribution in [2.45, 2.75) is 38.7 Å². The number of aliphatic hydroxyl groups excluding tert-OH is 1. The van der Waals surface area contributed by atoms with E-state index in [0.717, 1.165) is 33.5 Å². The average molecular weight is 483 g/mol. The van der Waals surface area contributed by atoms with Crippen molar-refractivity contribution in [2.75, 3.05) is 18.4 Å². The number of nitrogens with zero attached hydrogens (tertiary/aromatic N) is 3. The van der Waals surface area contributed by atoms with E-state index in [-0.39, 0.29) is 17.9 Å². The highest BCUT2D eigenvalue weighted by atomic mass is 16.3. The van der Waals surface area contributed by atoms with Crippen LogP contribution in [0.3, 0.4) is 0 Å². The molecule has 5 rings (SSSR count). The Morgan fingerprint density at radius 2 is 1.78 bits per heavy atom. The number of pyridine rings is 1. The summed E-state index contributed by atoms with van der Waals surface area (Å²) in [7, 11) is 0. The number of likely N-dealkylation sites (tertiary alicyclic amines) is 1. The van der Waals surface area contributed by atoms with Crippen molar-refractivity contribution in [3.05, 3.63) is 89.9 Å². The van der Waals surface area contributed by atoms with Crippen molar-refractivity contribution in [3.63, 3.8) is 0 Å². The van der Waals surface area contributed by atoms with Crippen LogP contribution in [0.5, 0.6) is 0 Å². The van der Waals surface area contributed by atoms with Crippen LogP contribution in [0.1, 0.15) is 40.9 Å². The Labute approximate surface area is 210 Å². The first kappa shape index (κ1) is 23.8. The van der Waals surface area contributed by atoms with E-state index in [1.165, 1.54) is 0 Å². The zero-order chi connectivity index (χ0) is 25.1. The molecule has 36 heavy (non-hydrogen) atoms. The quantitative estimate of drug-likeness (QED) is 0.424. The number of rotatable bonds is 6. The molecule has 7 nitrogen and oxygen atoms in total. The number of carbonyl (C=O) groups excluding carboxylic acids is 2. The lowest BCUT2D eigenvalue weighted by Crippen LogP contribution is -2.40. The van der Waals surface area contributed by atoms with Crippen LogP contribution in [0.2, 0.25) is 0 Å². The standard InChI is InChI=1S/C29H30N4O3/c1-20-28(29(36)32-17-14-24(34)15-18-32)25-6-2-3-7-26(25)33(20)23-11-9-22(10-12-23)31-27(35)13-8-21-5-4-16-30-19-21/h2-7,9-12,16,19,24,34H,8,13-15,17-18H2,1H3,(H,31,35). The summed E-state index contributed by atoms with van der Waals surface area (Å²) in [6, 6.07) is 19.5. The summed E-state index contributed by atoms with van der Waals surface area (Å²) in [6.07, 6.45) is 5.41. The lowest BCUT2D eigenvalue weighted by Gasteiger charge is -2.29. The first-order valence-electron chi connectivity index (χ1n) is 12.4. The van der Waals surface area contributed by atoms with E-state index in [9.17, 15) is 14.7 Å². The second-order valence-corrected chi connectivity index (χ2v) is 9.29. The van der Waals surface area contributed by atoms with Crippen molar-refractivity contribution in [3.8, 4) is 5.69 Å². The minimum absolute atomic E-state index is 0.00634. The summed E-state index contributed by atoms with van der Waals surface area (Å²) in [5, 5.41) is 13.7. The van der Waals surface area contributed by atoms with Gasteiger partial charge in [-0.3, -0.25) is 14.6 Å². The molecule has 7 heteroatoms. The number of hydrogen-bond donors (Lipinski definition) is 2. The molecule has 184 valence electrons. The Hall–Kier alpha value is -3.97. The molecule has 0 aliphatic carbocycles. The van der Waals surface area contributed by atoms with Crippen LogP contribution >= 0.6 is 0 Å². The molecular formula is C29H30N4O3. The van der Waals surface area contributed by atoms with Crippen LogP contribution in [0, 0.1) is 6.92 Å². The molecule has 1 fully saturated rings. The Kier molecular flexibility index (Phi) is 6.82.